The molecular weight excluding hydrogens is 292 g/mol. The van der Waals surface area contributed by atoms with Crippen LogP contribution in [0.4, 0.5) is 17.5 Å². The normalized spacial score (nSPS) is 10.4. The Labute approximate surface area is 134 Å². The van der Waals surface area contributed by atoms with Crippen LogP contribution in [0.2, 0.25) is 0 Å². The highest BCUT2D eigenvalue weighted by atomic mass is 16.5. The van der Waals surface area contributed by atoms with Crippen molar-refractivity contribution in [3.63, 3.8) is 0 Å². The van der Waals surface area contributed by atoms with Crippen LogP contribution in [-0.4, -0.2) is 34.3 Å². The number of nitrogens with one attached hydrogen (secondary N) is 3. The zero-order valence-electron chi connectivity index (χ0n) is 13.2. The molecule has 7 nitrogen and oxygen atoms in total. The molecule has 0 radical (unpaired) electrons. The molecule has 0 spiro atoms. The van der Waals surface area contributed by atoms with Crippen LogP contribution in [0.3, 0.4) is 0 Å². The zero-order valence-corrected chi connectivity index (χ0v) is 13.2. The summed E-state index contributed by atoms with van der Waals surface area (Å²) in [6.45, 7) is 1.93. The van der Waals surface area contributed by atoms with E-state index in [-0.39, 0.29) is 0 Å². The van der Waals surface area contributed by atoms with E-state index < -0.39 is 0 Å². The van der Waals surface area contributed by atoms with Gasteiger partial charge in [0.2, 0.25) is 5.95 Å². The number of aromatic amines is 1. The molecule has 0 saturated heterocycles. The van der Waals surface area contributed by atoms with Crippen LogP contribution in [0.5, 0.6) is 5.75 Å². The summed E-state index contributed by atoms with van der Waals surface area (Å²) >= 11 is 0. The maximum absolute atomic E-state index is 5.42. The Bertz CT molecular complexity index is 800. The summed E-state index contributed by atoms with van der Waals surface area (Å²) in [6, 6.07) is 7.69. The van der Waals surface area contributed by atoms with E-state index >= 15 is 0 Å². The molecule has 7 heteroatoms. The van der Waals surface area contributed by atoms with E-state index in [0.29, 0.717) is 5.95 Å². The number of nitrogens with zero attached hydrogens (tertiary/aromatic N) is 3. The van der Waals surface area contributed by atoms with Crippen molar-refractivity contribution in [1.82, 2.24) is 20.2 Å². The molecule has 0 aliphatic carbocycles. The SMILES string of the molecule is CNc1cc(C)nc(Nc2ccc(OC)c(-c3cn[nH]c3)c2)n1. The number of H-pyrrole nitrogens is 1. The maximum Gasteiger partial charge on any atom is 0.229 e. The lowest BCUT2D eigenvalue weighted by atomic mass is 10.1. The zero-order chi connectivity index (χ0) is 16.2. The van der Waals surface area contributed by atoms with Crippen molar-refractivity contribution < 1.29 is 4.74 Å². The Kier molecular flexibility index (Phi) is 4.09. The fourth-order valence-corrected chi connectivity index (χ4v) is 2.29. The summed E-state index contributed by atoms with van der Waals surface area (Å²) < 4.78 is 5.42. The average molecular weight is 310 g/mol. The third-order valence-corrected chi connectivity index (χ3v) is 3.38. The summed E-state index contributed by atoms with van der Waals surface area (Å²) in [5, 5.41) is 13.0. The highest BCUT2D eigenvalue weighted by Gasteiger charge is 2.09. The van der Waals surface area contributed by atoms with Gasteiger partial charge in [0.1, 0.15) is 11.6 Å². The first-order chi connectivity index (χ1) is 11.2. The van der Waals surface area contributed by atoms with E-state index in [0.717, 1.165) is 34.1 Å². The fraction of sp³-hybridized carbons (Fsp3) is 0.188. The van der Waals surface area contributed by atoms with Gasteiger partial charge in [0.25, 0.3) is 0 Å². The van der Waals surface area contributed by atoms with Crippen molar-refractivity contribution in [2.75, 3.05) is 24.8 Å². The summed E-state index contributed by atoms with van der Waals surface area (Å²) in [4.78, 5) is 8.80. The molecule has 0 amide bonds. The van der Waals surface area contributed by atoms with Gasteiger partial charge in [-0.1, -0.05) is 0 Å². The number of benzene rings is 1. The van der Waals surface area contributed by atoms with Crippen LogP contribution < -0.4 is 15.4 Å². The fourth-order valence-electron chi connectivity index (χ4n) is 2.29. The molecule has 3 rings (SSSR count). The standard InChI is InChI=1S/C16H18N6O/c1-10-6-15(17-2)22-16(20-10)21-12-4-5-14(23-3)13(7-12)11-8-18-19-9-11/h4-9H,1-3H3,(H,18,19)(H2,17,20,21,22). The van der Waals surface area contributed by atoms with E-state index in [1.54, 1.807) is 13.3 Å². The van der Waals surface area contributed by atoms with E-state index in [2.05, 4.69) is 30.8 Å². The molecule has 3 aromatic rings. The van der Waals surface area contributed by atoms with Gasteiger partial charge in [0, 0.05) is 41.8 Å². The van der Waals surface area contributed by atoms with Gasteiger partial charge in [0.05, 0.1) is 13.3 Å². The minimum atomic E-state index is 0.540. The Hall–Kier alpha value is -3.09. The molecule has 0 bridgehead atoms. The molecular formula is C16H18N6O. The van der Waals surface area contributed by atoms with Gasteiger partial charge in [-0.25, -0.2) is 4.98 Å². The van der Waals surface area contributed by atoms with Gasteiger partial charge in [0.15, 0.2) is 0 Å². The summed E-state index contributed by atoms with van der Waals surface area (Å²) in [5.74, 6) is 2.08. The molecule has 1 aromatic carbocycles. The van der Waals surface area contributed by atoms with Gasteiger partial charge < -0.3 is 15.4 Å². The summed E-state index contributed by atoms with van der Waals surface area (Å²) in [5.41, 5.74) is 3.64. The molecule has 3 N–H and O–H groups in total. The molecule has 0 unspecified atom stereocenters. The van der Waals surface area contributed by atoms with Crippen molar-refractivity contribution in [2.24, 2.45) is 0 Å². The second kappa shape index (κ2) is 6.35. The third-order valence-electron chi connectivity index (χ3n) is 3.38. The number of ether oxygens (including phenoxy) is 1. The topological polar surface area (TPSA) is 87.8 Å². The van der Waals surface area contributed by atoms with Crippen LogP contribution in [0.1, 0.15) is 5.69 Å². The summed E-state index contributed by atoms with van der Waals surface area (Å²) in [7, 11) is 3.48. The summed E-state index contributed by atoms with van der Waals surface area (Å²) in [6.07, 6.45) is 3.58. The van der Waals surface area contributed by atoms with Crippen LogP contribution in [0, 0.1) is 6.92 Å². The van der Waals surface area contributed by atoms with Crippen molar-refractivity contribution in [2.45, 2.75) is 6.92 Å². The first-order valence-electron chi connectivity index (χ1n) is 7.17. The Morgan fingerprint density at radius 3 is 2.74 bits per heavy atom. The number of hydrogen-bond acceptors (Lipinski definition) is 6. The minimum Gasteiger partial charge on any atom is -0.496 e. The molecule has 0 fully saturated rings. The lowest BCUT2D eigenvalue weighted by Crippen LogP contribution is -2.02. The second-order valence-corrected chi connectivity index (χ2v) is 5.00. The largest absolute Gasteiger partial charge is 0.496 e. The smallest absolute Gasteiger partial charge is 0.229 e. The van der Waals surface area contributed by atoms with Crippen molar-refractivity contribution in [1.29, 1.82) is 0 Å². The van der Waals surface area contributed by atoms with Gasteiger partial charge in [-0.15, -0.1) is 0 Å². The quantitative estimate of drug-likeness (QED) is 0.671. The Morgan fingerprint density at radius 1 is 1.17 bits per heavy atom. The van der Waals surface area contributed by atoms with Crippen LogP contribution >= 0.6 is 0 Å². The molecule has 0 atom stereocenters. The monoisotopic (exact) mass is 310 g/mol. The molecule has 0 aliphatic rings. The predicted octanol–water partition coefficient (Wildman–Crippen LogP) is 2.97. The Morgan fingerprint density at radius 2 is 2.04 bits per heavy atom. The number of rotatable bonds is 5. The van der Waals surface area contributed by atoms with E-state index in [9.17, 15) is 0 Å². The van der Waals surface area contributed by atoms with E-state index in [4.69, 9.17) is 4.74 Å². The van der Waals surface area contributed by atoms with Gasteiger partial charge in [-0.05, 0) is 25.1 Å². The predicted molar refractivity (Wildman–Crippen MR) is 90.2 cm³/mol. The van der Waals surface area contributed by atoms with Crippen molar-refractivity contribution >= 4 is 17.5 Å². The first kappa shape index (κ1) is 14.8. The van der Waals surface area contributed by atoms with Crippen LogP contribution in [-0.2, 0) is 0 Å². The van der Waals surface area contributed by atoms with Gasteiger partial charge in [-0.3, -0.25) is 5.10 Å². The van der Waals surface area contributed by atoms with Gasteiger partial charge >= 0.3 is 0 Å². The number of methoxy groups -OCH3 is 1. The average Bonchev–Trinajstić information content (AvgIpc) is 3.08. The third kappa shape index (κ3) is 3.23. The first-order valence-corrected chi connectivity index (χ1v) is 7.17. The van der Waals surface area contributed by atoms with Gasteiger partial charge in [-0.2, -0.15) is 10.1 Å². The molecule has 118 valence electrons. The molecule has 0 aliphatic heterocycles. The number of aromatic nitrogens is 4. The van der Waals surface area contributed by atoms with Crippen LogP contribution in [0.25, 0.3) is 11.1 Å². The van der Waals surface area contributed by atoms with Crippen LogP contribution in [0.15, 0.2) is 36.7 Å². The molecule has 2 aromatic heterocycles. The molecule has 0 saturated carbocycles. The van der Waals surface area contributed by atoms with Crippen molar-refractivity contribution in [3.05, 3.63) is 42.4 Å². The highest BCUT2D eigenvalue weighted by molar-refractivity contribution is 5.74. The maximum atomic E-state index is 5.42. The lowest BCUT2D eigenvalue weighted by molar-refractivity contribution is 0.416. The lowest BCUT2D eigenvalue weighted by Gasteiger charge is -2.11. The Balaban J connectivity index is 1.95. The molecule has 2 heterocycles. The van der Waals surface area contributed by atoms with Crippen molar-refractivity contribution in [3.8, 4) is 16.9 Å². The second-order valence-electron chi connectivity index (χ2n) is 5.00. The highest BCUT2D eigenvalue weighted by Crippen LogP contribution is 2.32. The molecule has 23 heavy (non-hydrogen) atoms. The number of hydrogen-bond donors (Lipinski definition) is 3. The van der Waals surface area contributed by atoms with E-state index in [1.807, 2.05) is 44.4 Å². The number of aryl methyl sites for hydroxylation is 1. The van der Waals surface area contributed by atoms with E-state index in [1.165, 1.54) is 0 Å². The number of anilines is 3. The minimum absolute atomic E-state index is 0.540.